The van der Waals surface area contributed by atoms with Crippen LogP contribution in [-0.2, 0) is 11.8 Å². The van der Waals surface area contributed by atoms with Crippen LogP contribution in [0.15, 0.2) is 30.6 Å². The van der Waals surface area contributed by atoms with E-state index in [-0.39, 0.29) is 36.9 Å². The van der Waals surface area contributed by atoms with E-state index >= 15 is 0 Å². The number of ether oxygens (including phenoxy) is 1. The van der Waals surface area contributed by atoms with E-state index in [9.17, 15) is 9.59 Å². The van der Waals surface area contributed by atoms with Gasteiger partial charge >= 0.3 is 0 Å². The van der Waals surface area contributed by atoms with Crippen molar-refractivity contribution in [3.8, 4) is 5.75 Å². The highest BCUT2D eigenvalue weighted by Gasteiger charge is 2.31. The standard InChI is InChI=1S/C17H19N5O3.ClH/c1-21-6-5-19-16(21)13-9-18-4-7-22(13)17(24)11-2-3-12-14(8-11)25-10-15(23)20-12;/h2-3,5-6,8,13,18H,4,7,9-10H2,1H3,(H,20,23);1H. The maximum Gasteiger partial charge on any atom is 0.262 e. The molecular weight excluding hydrogens is 358 g/mol. The van der Waals surface area contributed by atoms with Crippen LogP contribution in [-0.4, -0.2) is 52.5 Å². The molecule has 1 aromatic heterocycles. The number of benzene rings is 1. The molecular formula is C17H20ClN5O3. The van der Waals surface area contributed by atoms with Gasteiger partial charge < -0.3 is 24.8 Å². The summed E-state index contributed by atoms with van der Waals surface area (Å²) in [6, 6.07) is 4.98. The van der Waals surface area contributed by atoms with Gasteiger partial charge in [-0.2, -0.15) is 0 Å². The van der Waals surface area contributed by atoms with Crippen molar-refractivity contribution >= 4 is 29.9 Å². The number of amides is 2. The molecule has 3 heterocycles. The van der Waals surface area contributed by atoms with Gasteiger partial charge in [0.25, 0.3) is 11.8 Å². The fraction of sp³-hybridized carbons (Fsp3) is 0.353. The summed E-state index contributed by atoms with van der Waals surface area (Å²) in [5, 5.41) is 6.05. The lowest BCUT2D eigenvalue weighted by molar-refractivity contribution is -0.118. The van der Waals surface area contributed by atoms with Crippen molar-refractivity contribution in [2.75, 3.05) is 31.6 Å². The molecule has 8 nitrogen and oxygen atoms in total. The second-order valence-corrected chi connectivity index (χ2v) is 6.16. The van der Waals surface area contributed by atoms with E-state index in [1.165, 1.54) is 0 Å². The van der Waals surface area contributed by atoms with Crippen molar-refractivity contribution < 1.29 is 14.3 Å². The van der Waals surface area contributed by atoms with E-state index in [1.54, 1.807) is 24.4 Å². The number of carbonyl (C=O) groups excluding carboxylic acids is 2. The summed E-state index contributed by atoms with van der Waals surface area (Å²) in [6.07, 6.45) is 3.62. The van der Waals surface area contributed by atoms with Gasteiger partial charge in [0, 0.05) is 44.6 Å². The topological polar surface area (TPSA) is 88.5 Å². The first kappa shape index (κ1) is 18.2. The van der Waals surface area contributed by atoms with Gasteiger partial charge in [-0.15, -0.1) is 12.4 Å². The molecule has 0 saturated carbocycles. The number of hydrogen-bond acceptors (Lipinski definition) is 5. The minimum atomic E-state index is -0.191. The summed E-state index contributed by atoms with van der Waals surface area (Å²) in [6.45, 7) is 1.97. The number of nitrogens with one attached hydrogen (secondary N) is 2. The fourth-order valence-corrected chi connectivity index (χ4v) is 3.25. The van der Waals surface area contributed by atoms with Gasteiger partial charge in [0.15, 0.2) is 6.61 Å². The van der Waals surface area contributed by atoms with Gasteiger partial charge in [0.05, 0.1) is 5.69 Å². The maximum absolute atomic E-state index is 13.1. The Morgan fingerprint density at radius 2 is 2.23 bits per heavy atom. The van der Waals surface area contributed by atoms with Crippen molar-refractivity contribution in [2.45, 2.75) is 6.04 Å². The normalized spacial score (nSPS) is 19.0. The van der Waals surface area contributed by atoms with Crippen molar-refractivity contribution in [1.29, 1.82) is 0 Å². The molecule has 2 N–H and O–H groups in total. The van der Waals surface area contributed by atoms with E-state index < -0.39 is 0 Å². The highest BCUT2D eigenvalue weighted by atomic mass is 35.5. The van der Waals surface area contributed by atoms with Crippen LogP contribution in [0, 0.1) is 0 Å². The molecule has 26 heavy (non-hydrogen) atoms. The van der Waals surface area contributed by atoms with Crippen molar-refractivity contribution in [1.82, 2.24) is 19.8 Å². The Bertz CT molecular complexity index is 838. The number of halogens is 1. The average Bonchev–Trinajstić information content (AvgIpc) is 3.06. The van der Waals surface area contributed by atoms with Gasteiger partial charge in [0.2, 0.25) is 0 Å². The van der Waals surface area contributed by atoms with Crippen molar-refractivity contribution in [2.24, 2.45) is 7.05 Å². The molecule has 0 aliphatic carbocycles. The van der Waals surface area contributed by atoms with E-state index in [2.05, 4.69) is 15.6 Å². The third-order valence-electron chi connectivity index (χ3n) is 4.52. The van der Waals surface area contributed by atoms with Gasteiger partial charge in [0.1, 0.15) is 17.6 Å². The Hall–Kier alpha value is -2.58. The summed E-state index contributed by atoms with van der Waals surface area (Å²) in [4.78, 5) is 30.7. The minimum Gasteiger partial charge on any atom is -0.482 e. The smallest absolute Gasteiger partial charge is 0.262 e. The van der Waals surface area contributed by atoms with Gasteiger partial charge in [-0.25, -0.2) is 4.98 Å². The fourth-order valence-electron chi connectivity index (χ4n) is 3.25. The molecule has 1 unspecified atom stereocenters. The number of hydrogen-bond donors (Lipinski definition) is 2. The molecule has 4 rings (SSSR count). The van der Waals surface area contributed by atoms with Crippen LogP contribution in [0.25, 0.3) is 0 Å². The molecule has 2 aliphatic rings. The summed E-state index contributed by atoms with van der Waals surface area (Å²) < 4.78 is 7.35. The molecule has 2 aromatic rings. The first-order valence-corrected chi connectivity index (χ1v) is 8.19. The molecule has 0 spiro atoms. The quantitative estimate of drug-likeness (QED) is 0.813. The van der Waals surface area contributed by atoms with Crippen LogP contribution < -0.4 is 15.4 Å². The summed E-state index contributed by atoms with van der Waals surface area (Å²) >= 11 is 0. The molecule has 0 radical (unpaired) electrons. The SMILES string of the molecule is Cl.Cn1ccnc1C1CNCCN1C(=O)c1ccc2c(c1)OCC(=O)N2. The number of carbonyl (C=O) groups is 2. The van der Waals surface area contributed by atoms with E-state index in [0.29, 0.717) is 30.1 Å². The zero-order valence-corrected chi connectivity index (χ0v) is 15.1. The van der Waals surface area contributed by atoms with E-state index in [4.69, 9.17) is 4.74 Å². The largest absolute Gasteiger partial charge is 0.482 e. The highest BCUT2D eigenvalue weighted by molar-refractivity contribution is 5.99. The Morgan fingerprint density at radius 3 is 3.00 bits per heavy atom. The molecule has 9 heteroatoms. The van der Waals surface area contributed by atoms with Gasteiger partial charge in [-0.05, 0) is 18.2 Å². The number of imidazole rings is 1. The third kappa shape index (κ3) is 3.25. The van der Waals surface area contributed by atoms with Crippen LogP contribution in [0.4, 0.5) is 5.69 Å². The number of aromatic nitrogens is 2. The number of rotatable bonds is 2. The number of piperazine rings is 1. The first-order valence-electron chi connectivity index (χ1n) is 8.19. The van der Waals surface area contributed by atoms with Crippen LogP contribution in [0.1, 0.15) is 22.2 Å². The molecule has 1 fully saturated rings. The Morgan fingerprint density at radius 1 is 1.38 bits per heavy atom. The van der Waals surface area contributed by atoms with Gasteiger partial charge in [-0.3, -0.25) is 9.59 Å². The molecule has 1 saturated heterocycles. The van der Waals surface area contributed by atoms with Crippen LogP contribution in [0.3, 0.4) is 0 Å². The number of anilines is 1. The van der Waals surface area contributed by atoms with Crippen LogP contribution >= 0.6 is 12.4 Å². The molecule has 0 bridgehead atoms. The molecule has 2 aliphatic heterocycles. The highest BCUT2D eigenvalue weighted by Crippen LogP contribution is 2.30. The lowest BCUT2D eigenvalue weighted by Crippen LogP contribution is -2.49. The zero-order valence-electron chi connectivity index (χ0n) is 14.3. The molecule has 1 aromatic carbocycles. The monoisotopic (exact) mass is 377 g/mol. The lowest BCUT2D eigenvalue weighted by atomic mass is 10.1. The maximum atomic E-state index is 13.1. The third-order valence-corrected chi connectivity index (χ3v) is 4.52. The minimum absolute atomic E-state index is 0. The Balaban J connectivity index is 0.00000196. The predicted octanol–water partition coefficient (Wildman–Crippen LogP) is 0.960. The Labute approximate surface area is 156 Å². The predicted molar refractivity (Wildman–Crippen MR) is 97.7 cm³/mol. The van der Waals surface area contributed by atoms with E-state index in [1.807, 2.05) is 22.7 Å². The summed E-state index contributed by atoms with van der Waals surface area (Å²) in [7, 11) is 1.93. The second kappa shape index (κ2) is 7.35. The molecule has 2 amide bonds. The number of aryl methyl sites for hydroxylation is 1. The van der Waals surface area contributed by atoms with Crippen LogP contribution in [0.5, 0.6) is 5.75 Å². The van der Waals surface area contributed by atoms with Crippen molar-refractivity contribution in [3.05, 3.63) is 42.0 Å². The number of fused-ring (bicyclic) bond motifs is 1. The molecule has 138 valence electrons. The lowest BCUT2D eigenvalue weighted by Gasteiger charge is -2.36. The van der Waals surface area contributed by atoms with E-state index in [0.717, 1.165) is 12.4 Å². The van der Waals surface area contributed by atoms with Crippen molar-refractivity contribution in [3.63, 3.8) is 0 Å². The molecule has 1 atom stereocenters. The average molecular weight is 378 g/mol. The zero-order chi connectivity index (χ0) is 17.4. The van der Waals surface area contributed by atoms with Crippen LogP contribution in [0.2, 0.25) is 0 Å². The summed E-state index contributed by atoms with van der Waals surface area (Å²) in [5.41, 5.74) is 1.13. The van der Waals surface area contributed by atoms with Gasteiger partial charge in [-0.1, -0.05) is 0 Å². The second-order valence-electron chi connectivity index (χ2n) is 6.16. The Kier molecular flexibility index (Phi) is 5.15. The first-order chi connectivity index (χ1) is 12.1. The number of nitrogens with zero attached hydrogens (tertiary/aromatic N) is 3. The summed E-state index contributed by atoms with van der Waals surface area (Å²) in [5.74, 6) is 1.11.